The summed E-state index contributed by atoms with van der Waals surface area (Å²) in [7, 11) is 1.62. The van der Waals surface area contributed by atoms with Crippen LogP contribution in [-0.2, 0) is 23.1 Å². The van der Waals surface area contributed by atoms with Gasteiger partial charge >= 0.3 is 5.97 Å². The molecule has 2 N–H and O–H groups in total. The number of carbonyl (C=O) groups excluding carboxylic acids is 2. The standard InChI is InChI=1S/C20H24N6O4/c1-4-26(11-16-22-15-9-7-6-8-13(15)19(28)23-16)12-17(27)24-18-14(10-21-25(18)3)20(29)30-5-2/h6-10H,4-5,11-12H2,1-3H3,(H,24,27)(H,22,23,28). The Labute approximate surface area is 172 Å². The number of nitrogens with zero attached hydrogens (tertiary/aromatic N) is 4. The van der Waals surface area contributed by atoms with E-state index in [2.05, 4.69) is 20.4 Å². The van der Waals surface area contributed by atoms with Crippen molar-refractivity contribution in [1.29, 1.82) is 0 Å². The highest BCUT2D eigenvalue weighted by Crippen LogP contribution is 2.15. The van der Waals surface area contributed by atoms with E-state index in [9.17, 15) is 14.4 Å². The Kier molecular flexibility index (Phi) is 6.58. The number of hydrogen-bond acceptors (Lipinski definition) is 7. The van der Waals surface area contributed by atoms with Crippen molar-refractivity contribution in [2.45, 2.75) is 20.4 Å². The fourth-order valence-electron chi connectivity index (χ4n) is 3.02. The maximum Gasteiger partial charge on any atom is 0.343 e. The van der Waals surface area contributed by atoms with Crippen molar-refractivity contribution in [2.24, 2.45) is 7.05 Å². The molecule has 1 aromatic carbocycles. The third kappa shape index (κ3) is 4.71. The number of nitrogens with one attached hydrogen (secondary N) is 2. The van der Waals surface area contributed by atoms with Crippen LogP contribution in [-0.4, -0.2) is 56.2 Å². The number of amides is 1. The van der Waals surface area contributed by atoms with Crippen LogP contribution < -0.4 is 10.9 Å². The molecule has 0 aliphatic heterocycles. The van der Waals surface area contributed by atoms with Gasteiger partial charge in [-0.1, -0.05) is 19.1 Å². The number of carbonyl (C=O) groups is 2. The zero-order valence-corrected chi connectivity index (χ0v) is 17.1. The lowest BCUT2D eigenvalue weighted by Gasteiger charge is -2.19. The number of ether oxygens (including phenoxy) is 1. The van der Waals surface area contributed by atoms with Crippen LogP contribution >= 0.6 is 0 Å². The molecule has 2 aromatic heterocycles. The molecule has 3 rings (SSSR count). The highest BCUT2D eigenvalue weighted by molar-refractivity contribution is 6.00. The predicted octanol–water partition coefficient (Wildman–Crippen LogP) is 1.29. The van der Waals surface area contributed by atoms with Crippen molar-refractivity contribution in [3.63, 3.8) is 0 Å². The number of H-pyrrole nitrogens is 1. The summed E-state index contributed by atoms with van der Waals surface area (Å²) in [6, 6.07) is 7.09. The molecule has 0 radical (unpaired) electrons. The van der Waals surface area contributed by atoms with Gasteiger partial charge in [0.2, 0.25) is 5.91 Å². The summed E-state index contributed by atoms with van der Waals surface area (Å²) in [6.45, 7) is 4.72. The molecule has 3 aromatic rings. The largest absolute Gasteiger partial charge is 0.462 e. The monoisotopic (exact) mass is 412 g/mol. The Morgan fingerprint density at radius 1 is 1.27 bits per heavy atom. The van der Waals surface area contributed by atoms with Crippen molar-refractivity contribution in [3.8, 4) is 0 Å². The number of aromatic amines is 1. The lowest BCUT2D eigenvalue weighted by molar-refractivity contribution is -0.117. The summed E-state index contributed by atoms with van der Waals surface area (Å²) in [6.07, 6.45) is 1.36. The van der Waals surface area contributed by atoms with E-state index in [0.29, 0.717) is 29.8 Å². The van der Waals surface area contributed by atoms with Crippen LogP contribution in [0.15, 0.2) is 35.3 Å². The van der Waals surface area contributed by atoms with Gasteiger partial charge < -0.3 is 15.0 Å². The molecule has 1 amide bonds. The van der Waals surface area contributed by atoms with Crippen LogP contribution in [0, 0.1) is 0 Å². The van der Waals surface area contributed by atoms with E-state index in [-0.39, 0.29) is 36.0 Å². The minimum absolute atomic E-state index is 0.0421. The molecule has 0 bridgehead atoms. The molecule has 0 saturated carbocycles. The summed E-state index contributed by atoms with van der Waals surface area (Å²) in [5, 5.41) is 7.25. The molecule has 2 heterocycles. The maximum absolute atomic E-state index is 12.6. The first-order valence-electron chi connectivity index (χ1n) is 9.62. The molecule has 10 heteroatoms. The second kappa shape index (κ2) is 9.31. The van der Waals surface area contributed by atoms with E-state index in [4.69, 9.17) is 4.74 Å². The number of aryl methyl sites for hydroxylation is 1. The van der Waals surface area contributed by atoms with Crippen LogP contribution in [0.3, 0.4) is 0 Å². The predicted molar refractivity (Wildman–Crippen MR) is 111 cm³/mol. The Morgan fingerprint density at radius 3 is 2.77 bits per heavy atom. The Bertz CT molecular complexity index is 1120. The molecule has 158 valence electrons. The van der Waals surface area contributed by atoms with E-state index in [1.54, 1.807) is 32.2 Å². The van der Waals surface area contributed by atoms with Gasteiger partial charge in [0.25, 0.3) is 5.56 Å². The quantitative estimate of drug-likeness (QED) is 0.535. The smallest absolute Gasteiger partial charge is 0.343 e. The summed E-state index contributed by atoms with van der Waals surface area (Å²) in [5.41, 5.74) is 0.576. The second-order valence-electron chi connectivity index (χ2n) is 6.63. The van der Waals surface area contributed by atoms with E-state index in [1.807, 2.05) is 17.9 Å². The number of hydrogen-bond donors (Lipinski definition) is 2. The first-order chi connectivity index (χ1) is 14.4. The number of esters is 1. The van der Waals surface area contributed by atoms with E-state index >= 15 is 0 Å². The fourth-order valence-corrected chi connectivity index (χ4v) is 3.02. The average molecular weight is 412 g/mol. The molecule has 0 atom stereocenters. The third-order valence-corrected chi connectivity index (χ3v) is 4.54. The van der Waals surface area contributed by atoms with Gasteiger partial charge in [0.15, 0.2) is 0 Å². The number of likely N-dealkylation sites (N-methyl/N-ethyl adjacent to an activating group) is 1. The second-order valence-corrected chi connectivity index (χ2v) is 6.63. The summed E-state index contributed by atoms with van der Waals surface area (Å²) in [5.74, 6) is -0.131. The summed E-state index contributed by atoms with van der Waals surface area (Å²) < 4.78 is 6.40. The summed E-state index contributed by atoms with van der Waals surface area (Å²) >= 11 is 0. The van der Waals surface area contributed by atoms with Gasteiger partial charge in [-0.25, -0.2) is 9.78 Å². The minimum Gasteiger partial charge on any atom is -0.462 e. The van der Waals surface area contributed by atoms with Crippen molar-refractivity contribution in [2.75, 3.05) is 25.0 Å². The zero-order chi connectivity index (χ0) is 21.7. The normalized spacial score (nSPS) is 11.1. The van der Waals surface area contributed by atoms with E-state index in [0.717, 1.165) is 0 Å². The van der Waals surface area contributed by atoms with Gasteiger partial charge in [-0.3, -0.25) is 19.2 Å². The van der Waals surface area contributed by atoms with Crippen molar-refractivity contribution < 1.29 is 14.3 Å². The Morgan fingerprint density at radius 2 is 2.03 bits per heavy atom. The topological polar surface area (TPSA) is 122 Å². The van der Waals surface area contributed by atoms with Crippen LogP contribution in [0.25, 0.3) is 10.9 Å². The molecule has 0 fully saturated rings. The number of benzene rings is 1. The van der Waals surface area contributed by atoms with Crippen LogP contribution in [0.4, 0.5) is 5.82 Å². The molecular formula is C20H24N6O4. The highest BCUT2D eigenvalue weighted by Gasteiger charge is 2.20. The van der Waals surface area contributed by atoms with Gasteiger partial charge in [0.05, 0.1) is 36.8 Å². The van der Waals surface area contributed by atoms with Crippen molar-refractivity contribution >= 4 is 28.6 Å². The first kappa shape index (κ1) is 21.2. The molecule has 10 nitrogen and oxygen atoms in total. The van der Waals surface area contributed by atoms with Gasteiger partial charge in [0.1, 0.15) is 17.2 Å². The number of fused-ring (bicyclic) bond motifs is 1. The van der Waals surface area contributed by atoms with Gasteiger partial charge in [-0.15, -0.1) is 0 Å². The molecule has 30 heavy (non-hydrogen) atoms. The van der Waals surface area contributed by atoms with Gasteiger partial charge in [-0.05, 0) is 25.6 Å². The molecule has 0 saturated heterocycles. The maximum atomic E-state index is 12.6. The molecule has 0 aliphatic rings. The lowest BCUT2D eigenvalue weighted by atomic mass is 10.2. The molecule has 0 unspecified atom stereocenters. The number of aromatic nitrogens is 4. The minimum atomic E-state index is -0.550. The van der Waals surface area contributed by atoms with E-state index < -0.39 is 5.97 Å². The van der Waals surface area contributed by atoms with Gasteiger partial charge in [-0.2, -0.15) is 5.10 Å². The lowest BCUT2D eigenvalue weighted by Crippen LogP contribution is -2.34. The number of rotatable bonds is 8. The van der Waals surface area contributed by atoms with Crippen LogP contribution in [0.1, 0.15) is 30.0 Å². The highest BCUT2D eigenvalue weighted by atomic mass is 16.5. The number of para-hydroxylation sites is 1. The first-order valence-corrected chi connectivity index (χ1v) is 9.62. The van der Waals surface area contributed by atoms with Crippen molar-refractivity contribution in [1.82, 2.24) is 24.6 Å². The molecule has 0 aliphatic carbocycles. The van der Waals surface area contributed by atoms with Gasteiger partial charge in [0, 0.05) is 7.05 Å². The number of anilines is 1. The third-order valence-electron chi connectivity index (χ3n) is 4.54. The van der Waals surface area contributed by atoms with Crippen LogP contribution in [0.2, 0.25) is 0 Å². The van der Waals surface area contributed by atoms with Crippen molar-refractivity contribution in [3.05, 3.63) is 52.2 Å². The SMILES string of the molecule is CCOC(=O)c1cnn(C)c1NC(=O)CN(CC)Cc1nc2ccccc2c(=O)[nH]1. The average Bonchev–Trinajstić information content (AvgIpc) is 3.08. The molecule has 0 spiro atoms. The van der Waals surface area contributed by atoms with E-state index in [1.165, 1.54) is 10.9 Å². The Balaban J connectivity index is 1.71. The fraction of sp³-hybridized carbons (Fsp3) is 0.350. The Hall–Kier alpha value is -3.53. The molecular weight excluding hydrogens is 388 g/mol. The summed E-state index contributed by atoms with van der Waals surface area (Å²) in [4.78, 5) is 45.9. The van der Waals surface area contributed by atoms with Crippen LogP contribution in [0.5, 0.6) is 0 Å². The zero-order valence-electron chi connectivity index (χ0n) is 17.1.